The molecule has 0 aliphatic rings. The molecule has 0 fully saturated rings. The molecule has 6 nitrogen and oxygen atoms in total. The Morgan fingerprint density at radius 1 is 1.59 bits per heavy atom. The van der Waals surface area contributed by atoms with Gasteiger partial charge in [-0.2, -0.15) is 0 Å². The lowest BCUT2D eigenvalue weighted by Crippen LogP contribution is -2.25. The third kappa shape index (κ3) is 4.36. The fourth-order valence-corrected chi connectivity index (χ4v) is 1.18. The molecule has 0 unspecified atom stereocenters. The minimum atomic E-state index is -0.528. The molecule has 1 heterocycles. The Labute approximate surface area is 101 Å². The summed E-state index contributed by atoms with van der Waals surface area (Å²) in [6.45, 7) is 4.77. The molecular formula is C11H18N4O2. The SMILES string of the molecule is CCN(C)CCNc1ccnc(C(=O)OC)n1. The van der Waals surface area contributed by atoms with E-state index in [0.717, 1.165) is 19.6 Å². The van der Waals surface area contributed by atoms with Crippen molar-refractivity contribution in [3.8, 4) is 0 Å². The van der Waals surface area contributed by atoms with Crippen molar-refractivity contribution in [1.29, 1.82) is 0 Å². The van der Waals surface area contributed by atoms with Gasteiger partial charge in [0.2, 0.25) is 5.82 Å². The highest BCUT2D eigenvalue weighted by atomic mass is 16.5. The highest BCUT2D eigenvalue weighted by molar-refractivity contribution is 5.85. The van der Waals surface area contributed by atoms with Crippen molar-refractivity contribution in [1.82, 2.24) is 14.9 Å². The highest BCUT2D eigenvalue weighted by Crippen LogP contribution is 2.02. The molecule has 94 valence electrons. The number of anilines is 1. The molecule has 1 rings (SSSR count). The minimum Gasteiger partial charge on any atom is -0.463 e. The van der Waals surface area contributed by atoms with Crippen LogP contribution in [0.2, 0.25) is 0 Å². The number of esters is 1. The number of rotatable bonds is 6. The average molecular weight is 238 g/mol. The standard InChI is InChI=1S/C11H18N4O2/c1-4-15(2)8-7-12-9-5-6-13-10(14-9)11(16)17-3/h5-6H,4,7-8H2,1-3H3,(H,12,13,14). The van der Waals surface area contributed by atoms with Gasteiger partial charge in [-0.3, -0.25) is 0 Å². The van der Waals surface area contributed by atoms with E-state index < -0.39 is 5.97 Å². The van der Waals surface area contributed by atoms with E-state index in [1.165, 1.54) is 13.3 Å². The summed E-state index contributed by atoms with van der Waals surface area (Å²) in [7, 11) is 3.35. The Hall–Kier alpha value is -1.69. The lowest BCUT2D eigenvalue weighted by Gasteiger charge is -2.14. The fourth-order valence-electron chi connectivity index (χ4n) is 1.18. The molecule has 0 aromatic carbocycles. The Morgan fingerprint density at radius 3 is 3.00 bits per heavy atom. The van der Waals surface area contributed by atoms with Crippen LogP contribution in [0.4, 0.5) is 5.82 Å². The fraction of sp³-hybridized carbons (Fsp3) is 0.545. The Morgan fingerprint density at radius 2 is 2.35 bits per heavy atom. The van der Waals surface area contributed by atoms with Gasteiger partial charge in [-0.25, -0.2) is 14.8 Å². The van der Waals surface area contributed by atoms with Gasteiger partial charge in [0.1, 0.15) is 5.82 Å². The molecule has 1 aromatic heterocycles. The maximum absolute atomic E-state index is 11.2. The van der Waals surface area contributed by atoms with Crippen LogP contribution < -0.4 is 5.32 Å². The quantitative estimate of drug-likeness (QED) is 0.733. The van der Waals surface area contributed by atoms with E-state index in [4.69, 9.17) is 0 Å². The van der Waals surface area contributed by atoms with Crippen LogP contribution >= 0.6 is 0 Å². The van der Waals surface area contributed by atoms with E-state index >= 15 is 0 Å². The van der Waals surface area contributed by atoms with E-state index in [0.29, 0.717) is 5.82 Å². The predicted octanol–water partition coefficient (Wildman–Crippen LogP) is 0.627. The van der Waals surface area contributed by atoms with Crippen molar-refractivity contribution in [2.45, 2.75) is 6.92 Å². The first kappa shape index (κ1) is 13.4. The van der Waals surface area contributed by atoms with Crippen molar-refractivity contribution < 1.29 is 9.53 Å². The molecule has 0 saturated heterocycles. The molecule has 0 atom stereocenters. The average Bonchev–Trinajstić information content (AvgIpc) is 2.38. The summed E-state index contributed by atoms with van der Waals surface area (Å²) in [6.07, 6.45) is 1.53. The molecule has 0 saturated carbocycles. The van der Waals surface area contributed by atoms with E-state index in [9.17, 15) is 4.79 Å². The molecule has 17 heavy (non-hydrogen) atoms. The molecule has 0 aliphatic carbocycles. The van der Waals surface area contributed by atoms with Crippen LogP contribution in [0.5, 0.6) is 0 Å². The van der Waals surface area contributed by atoms with Gasteiger partial charge in [-0.15, -0.1) is 0 Å². The summed E-state index contributed by atoms with van der Waals surface area (Å²) in [6, 6.07) is 1.72. The van der Waals surface area contributed by atoms with Gasteiger partial charge in [0.05, 0.1) is 7.11 Å². The first-order valence-corrected chi connectivity index (χ1v) is 5.51. The number of nitrogens with one attached hydrogen (secondary N) is 1. The van der Waals surface area contributed by atoms with Gasteiger partial charge in [-0.1, -0.05) is 6.92 Å². The lowest BCUT2D eigenvalue weighted by molar-refractivity contribution is 0.0587. The Kier molecular flexibility index (Phi) is 5.35. The molecule has 6 heteroatoms. The molecule has 0 bridgehead atoms. The van der Waals surface area contributed by atoms with E-state index in [1.54, 1.807) is 6.07 Å². The zero-order valence-corrected chi connectivity index (χ0v) is 10.4. The zero-order valence-electron chi connectivity index (χ0n) is 10.4. The second kappa shape index (κ2) is 6.80. The number of likely N-dealkylation sites (N-methyl/N-ethyl adjacent to an activating group) is 1. The molecule has 0 spiro atoms. The van der Waals surface area contributed by atoms with Crippen molar-refractivity contribution in [2.24, 2.45) is 0 Å². The number of methoxy groups -OCH3 is 1. The summed E-state index contributed by atoms with van der Waals surface area (Å²) in [5.74, 6) is 0.172. The van der Waals surface area contributed by atoms with Gasteiger partial charge in [0.15, 0.2) is 0 Å². The monoisotopic (exact) mass is 238 g/mol. The van der Waals surface area contributed by atoms with E-state index in [2.05, 4.69) is 31.8 Å². The number of hydrogen-bond donors (Lipinski definition) is 1. The highest BCUT2D eigenvalue weighted by Gasteiger charge is 2.09. The van der Waals surface area contributed by atoms with Crippen LogP contribution in [0.3, 0.4) is 0 Å². The maximum Gasteiger partial charge on any atom is 0.376 e. The summed E-state index contributed by atoms with van der Waals surface area (Å²) in [4.78, 5) is 21.3. The number of nitrogens with zero attached hydrogens (tertiary/aromatic N) is 3. The molecule has 0 amide bonds. The number of hydrogen-bond acceptors (Lipinski definition) is 6. The van der Waals surface area contributed by atoms with Crippen LogP contribution in [0.1, 0.15) is 17.5 Å². The van der Waals surface area contributed by atoms with E-state index in [1.807, 2.05) is 7.05 Å². The summed E-state index contributed by atoms with van der Waals surface area (Å²) in [5, 5.41) is 3.13. The zero-order chi connectivity index (χ0) is 12.7. The van der Waals surface area contributed by atoms with Crippen molar-refractivity contribution in [3.63, 3.8) is 0 Å². The van der Waals surface area contributed by atoms with Crippen molar-refractivity contribution in [3.05, 3.63) is 18.1 Å². The predicted molar refractivity (Wildman–Crippen MR) is 65.0 cm³/mol. The van der Waals surface area contributed by atoms with Crippen LogP contribution in [-0.4, -0.2) is 54.6 Å². The van der Waals surface area contributed by atoms with Crippen LogP contribution in [0.25, 0.3) is 0 Å². The van der Waals surface area contributed by atoms with Gasteiger partial charge in [0.25, 0.3) is 0 Å². The Bertz CT molecular complexity index is 370. The molecule has 0 radical (unpaired) electrons. The van der Waals surface area contributed by atoms with Gasteiger partial charge < -0.3 is 15.0 Å². The lowest BCUT2D eigenvalue weighted by atomic mass is 10.5. The van der Waals surface area contributed by atoms with Crippen molar-refractivity contribution in [2.75, 3.05) is 39.1 Å². The number of carbonyl (C=O) groups is 1. The topological polar surface area (TPSA) is 67.4 Å². The third-order valence-electron chi connectivity index (χ3n) is 2.36. The molecule has 1 aromatic rings. The van der Waals surface area contributed by atoms with Crippen LogP contribution in [0.15, 0.2) is 12.3 Å². The second-order valence-corrected chi connectivity index (χ2v) is 3.58. The van der Waals surface area contributed by atoms with Crippen LogP contribution in [-0.2, 0) is 4.74 Å². The first-order chi connectivity index (χ1) is 8.17. The summed E-state index contributed by atoms with van der Waals surface area (Å²) in [5.41, 5.74) is 0. The van der Waals surface area contributed by atoms with Crippen molar-refractivity contribution >= 4 is 11.8 Å². The first-order valence-electron chi connectivity index (χ1n) is 5.51. The number of aromatic nitrogens is 2. The van der Waals surface area contributed by atoms with E-state index in [-0.39, 0.29) is 5.82 Å². The largest absolute Gasteiger partial charge is 0.463 e. The van der Waals surface area contributed by atoms with Gasteiger partial charge in [-0.05, 0) is 19.7 Å². The summed E-state index contributed by atoms with van der Waals surface area (Å²) >= 11 is 0. The molecule has 1 N–H and O–H groups in total. The third-order valence-corrected chi connectivity index (χ3v) is 2.36. The minimum absolute atomic E-state index is 0.0707. The smallest absolute Gasteiger partial charge is 0.376 e. The Balaban J connectivity index is 2.51. The van der Waals surface area contributed by atoms with Gasteiger partial charge in [0, 0.05) is 19.3 Å². The van der Waals surface area contributed by atoms with Crippen LogP contribution in [0, 0.1) is 0 Å². The number of ether oxygens (including phenoxy) is 1. The molecular weight excluding hydrogens is 220 g/mol. The summed E-state index contributed by atoms with van der Waals surface area (Å²) < 4.78 is 4.55. The number of carbonyl (C=O) groups excluding carboxylic acids is 1. The van der Waals surface area contributed by atoms with Gasteiger partial charge >= 0.3 is 5.97 Å². The maximum atomic E-state index is 11.2. The normalized spacial score (nSPS) is 10.4. The molecule has 0 aliphatic heterocycles. The second-order valence-electron chi connectivity index (χ2n) is 3.58.